The fourth-order valence-corrected chi connectivity index (χ4v) is 5.60. The Bertz CT molecular complexity index is 1300. The molecule has 1 aliphatic rings. The van der Waals surface area contributed by atoms with Crippen LogP contribution in [0.5, 0.6) is 0 Å². The number of primary amides is 1. The van der Waals surface area contributed by atoms with E-state index in [4.69, 9.17) is 10.5 Å². The number of aliphatic hydroxyl groups is 1. The Balaban J connectivity index is 1.35. The van der Waals surface area contributed by atoms with Gasteiger partial charge in [0.15, 0.2) is 0 Å². The van der Waals surface area contributed by atoms with Gasteiger partial charge in [-0.25, -0.2) is 4.79 Å². The maximum atomic E-state index is 11.7. The van der Waals surface area contributed by atoms with Crippen molar-refractivity contribution in [2.24, 2.45) is 5.73 Å². The van der Waals surface area contributed by atoms with Crippen LogP contribution in [-0.4, -0.2) is 36.0 Å². The lowest BCUT2D eigenvalue weighted by Gasteiger charge is -2.28. The van der Waals surface area contributed by atoms with Crippen molar-refractivity contribution in [3.8, 4) is 11.1 Å². The molecule has 0 aliphatic heterocycles. The second-order valence-corrected chi connectivity index (χ2v) is 9.99. The lowest BCUT2D eigenvalue weighted by atomic mass is 9.93. The standard InChI is InChI=1S/C33H34N2O3/c34-33(37)38-32(20-24-13-5-2-6-14-24)31(36)21-25(19-23-11-3-1-4-12-23)35-22-30-28-17-9-7-15-26(28)27-16-8-10-18-29(27)30/h1-18,25,30-32,35-36H,19-22H2,(H2,34,37)/t25-,31-,32-/m0/s1. The Labute approximate surface area is 224 Å². The first kappa shape index (κ1) is 25.7. The number of benzene rings is 4. The number of ether oxygens (including phenoxy) is 1. The maximum Gasteiger partial charge on any atom is 0.404 e. The molecule has 0 spiro atoms. The van der Waals surface area contributed by atoms with Crippen LogP contribution in [0.15, 0.2) is 109 Å². The van der Waals surface area contributed by atoms with Gasteiger partial charge in [-0.3, -0.25) is 0 Å². The first-order valence-electron chi connectivity index (χ1n) is 13.2. The quantitative estimate of drug-likeness (QED) is 0.252. The zero-order chi connectivity index (χ0) is 26.3. The van der Waals surface area contributed by atoms with Gasteiger partial charge in [0.05, 0.1) is 6.10 Å². The highest BCUT2D eigenvalue weighted by molar-refractivity contribution is 5.78. The predicted octanol–water partition coefficient (Wildman–Crippen LogP) is 5.46. The number of nitrogens with one attached hydrogen (secondary N) is 1. The molecule has 1 aliphatic carbocycles. The van der Waals surface area contributed by atoms with E-state index in [1.165, 1.54) is 27.8 Å². The van der Waals surface area contributed by atoms with Gasteiger partial charge < -0.3 is 20.9 Å². The second kappa shape index (κ2) is 12.1. The molecule has 4 aromatic carbocycles. The Morgan fingerprint density at radius 1 is 0.763 bits per heavy atom. The number of rotatable bonds is 11. The van der Waals surface area contributed by atoms with Gasteiger partial charge in [0.1, 0.15) is 6.10 Å². The lowest BCUT2D eigenvalue weighted by Crippen LogP contribution is -2.42. The third-order valence-corrected chi connectivity index (χ3v) is 7.40. The molecule has 4 aromatic rings. The molecule has 5 rings (SSSR count). The molecule has 4 N–H and O–H groups in total. The van der Waals surface area contributed by atoms with E-state index in [0.717, 1.165) is 18.5 Å². The van der Waals surface area contributed by atoms with Gasteiger partial charge in [0.25, 0.3) is 0 Å². The van der Waals surface area contributed by atoms with Crippen LogP contribution in [0.4, 0.5) is 4.79 Å². The van der Waals surface area contributed by atoms with Gasteiger partial charge in [0, 0.05) is 24.9 Å². The zero-order valence-corrected chi connectivity index (χ0v) is 21.4. The summed E-state index contributed by atoms with van der Waals surface area (Å²) in [5.74, 6) is 0.222. The van der Waals surface area contributed by atoms with Crippen LogP contribution >= 0.6 is 0 Å². The van der Waals surface area contributed by atoms with Crippen LogP contribution in [0.1, 0.15) is 34.6 Å². The molecule has 1 amide bonds. The van der Waals surface area contributed by atoms with E-state index in [1.54, 1.807) is 0 Å². The van der Waals surface area contributed by atoms with Gasteiger partial charge in [-0.2, -0.15) is 0 Å². The number of nitrogens with two attached hydrogens (primary N) is 1. The summed E-state index contributed by atoms with van der Waals surface area (Å²) in [5, 5.41) is 15.1. The Morgan fingerprint density at radius 2 is 1.26 bits per heavy atom. The summed E-state index contributed by atoms with van der Waals surface area (Å²) in [6, 6.07) is 37.1. The molecule has 5 heteroatoms. The molecule has 0 heterocycles. The lowest BCUT2D eigenvalue weighted by molar-refractivity contribution is -0.00219. The van der Waals surface area contributed by atoms with E-state index in [-0.39, 0.29) is 12.0 Å². The Morgan fingerprint density at radius 3 is 1.82 bits per heavy atom. The van der Waals surface area contributed by atoms with E-state index in [9.17, 15) is 9.90 Å². The molecule has 0 bridgehead atoms. The number of amides is 1. The van der Waals surface area contributed by atoms with E-state index in [1.807, 2.05) is 48.5 Å². The maximum absolute atomic E-state index is 11.7. The van der Waals surface area contributed by atoms with E-state index >= 15 is 0 Å². The Hall–Kier alpha value is -3.93. The zero-order valence-electron chi connectivity index (χ0n) is 21.4. The number of hydrogen-bond donors (Lipinski definition) is 3. The van der Waals surface area contributed by atoms with Crippen molar-refractivity contribution in [1.82, 2.24) is 5.32 Å². The summed E-state index contributed by atoms with van der Waals surface area (Å²) in [7, 11) is 0. The van der Waals surface area contributed by atoms with E-state index in [2.05, 4.69) is 66.0 Å². The van der Waals surface area contributed by atoms with Crippen LogP contribution in [0.3, 0.4) is 0 Å². The average Bonchev–Trinajstić information content (AvgIpc) is 3.26. The highest BCUT2D eigenvalue weighted by Gasteiger charge is 2.30. The van der Waals surface area contributed by atoms with Crippen molar-refractivity contribution >= 4 is 6.09 Å². The number of hydrogen-bond acceptors (Lipinski definition) is 4. The van der Waals surface area contributed by atoms with Crippen molar-refractivity contribution in [2.75, 3.05) is 6.54 Å². The molecule has 38 heavy (non-hydrogen) atoms. The van der Waals surface area contributed by atoms with E-state index in [0.29, 0.717) is 12.8 Å². The third kappa shape index (κ3) is 6.13. The average molecular weight is 507 g/mol. The van der Waals surface area contributed by atoms with Crippen molar-refractivity contribution < 1.29 is 14.6 Å². The van der Waals surface area contributed by atoms with Gasteiger partial charge in [-0.1, -0.05) is 109 Å². The molecule has 0 radical (unpaired) electrons. The SMILES string of the molecule is NC(=O)O[C@@H](Cc1ccccc1)[C@@H](O)C[C@H](Cc1ccccc1)NCC1c2ccccc2-c2ccccc21. The van der Waals surface area contributed by atoms with Gasteiger partial charge >= 0.3 is 6.09 Å². The van der Waals surface area contributed by atoms with Crippen molar-refractivity contribution in [1.29, 1.82) is 0 Å². The molecular formula is C33H34N2O3. The highest BCUT2D eigenvalue weighted by Crippen LogP contribution is 2.44. The first-order chi connectivity index (χ1) is 18.6. The summed E-state index contributed by atoms with van der Waals surface area (Å²) in [5.41, 5.74) is 12.7. The summed E-state index contributed by atoms with van der Waals surface area (Å²) in [6.45, 7) is 0.734. The molecule has 0 saturated heterocycles. The minimum absolute atomic E-state index is 0.0397. The minimum Gasteiger partial charge on any atom is -0.443 e. The topological polar surface area (TPSA) is 84.6 Å². The molecule has 194 valence electrons. The molecule has 5 nitrogen and oxygen atoms in total. The number of fused-ring (bicyclic) bond motifs is 3. The smallest absolute Gasteiger partial charge is 0.404 e. The largest absolute Gasteiger partial charge is 0.443 e. The number of aliphatic hydroxyl groups excluding tert-OH is 1. The monoisotopic (exact) mass is 506 g/mol. The van der Waals surface area contributed by atoms with Crippen molar-refractivity contribution in [3.63, 3.8) is 0 Å². The van der Waals surface area contributed by atoms with Crippen LogP contribution in [0.25, 0.3) is 11.1 Å². The minimum atomic E-state index is -0.882. The van der Waals surface area contributed by atoms with Crippen LogP contribution in [0, 0.1) is 0 Å². The molecule has 0 unspecified atom stereocenters. The first-order valence-corrected chi connectivity index (χ1v) is 13.2. The Kier molecular flexibility index (Phi) is 8.17. The van der Waals surface area contributed by atoms with Crippen molar-refractivity contribution in [2.45, 2.75) is 43.4 Å². The predicted molar refractivity (Wildman–Crippen MR) is 151 cm³/mol. The summed E-state index contributed by atoms with van der Waals surface area (Å²) >= 11 is 0. The molecule has 0 aromatic heterocycles. The molecule has 0 saturated carbocycles. The molecular weight excluding hydrogens is 472 g/mol. The second-order valence-electron chi connectivity index (χ2n) is 9.99. The van der Waals surface area contributed by atoms with E-state index < -0.39 is 18.3 Å². The van der Waals surface area contributed by atoms with Crippen LogP contribution in [0.2, 0.25) is 0 Å². The summed E-state index contributed by atoms with van der Waals surface area (Å²) in [4.78, 5) is 11.7. The fourth-order valence-electron chi connectivity index (χ4n) is 5.60. The van der Waals surface area contributed by atoms with Crippen LogP contribution < -0.4 is 11.1 Å². The molecule has 3 atom stereocenters. The summed E-state index contributed by atoms with van der Waals surface area (Å²) < 4.78 is 5.40. The summed E-state index contributed by atoms with van der Waals surface area (Å²) in [6.07, 6.45) is -0.948. The molecule has 0 fully saturated rings. The highest BCUT2D eigenvalue weighted by atomic mass is 16.6. The van der Waals surface area contributed by atoms with Gasteiger partial charge in [0.2, 0.25) is 0 Å². The van der Waals surface area contributed by atoms with Crippen LogP contribution in [-0.2, 0) is 17.6 Å². The number of carbonyl (C=O) groups excluding carboxylic acids is 1. The van der Waals surface area contributed by atoms with Crippen molar-refractivity contribution in [3.05, 3.63) is 131 Å². The van der Waals surface area contributed by atoms with Gasteiger partial charge in [-0.05, 0) is 46.2 Å². The van der Waals surface area contributed by atoms with Gasteiger partial charge in [-0.15, -0.1) is 0 Å². The third-order valence-electron chi connectivity index (χ3n) is 7.40. The number of carbonyl (C=O) groups is 1. The fraction of sp³-hybridized carbons (Fsp3) is 0.242. The normalized spacial score (nSPS) is 14.8.